The van der Waals surface area contributed by atoms with Crippen LogP contribution in [-0.2, 0) is 10.0 Å². The van der Waals surface area contributed by atoms with Crippen molar-refractivity contribution in [2.75, 3.05) is 18.4 Å². The van der Waals surface area contributed by atoms with Crippen LogP contribution < -0.4 is 10.0 Å². The zero-order chi connectivity index (χ0) is 20.3. The van der Waals surface area contributed by atoms with Crippen LogP contribution in [0.2, 0.25) is 10.0 Å². The van der Waals surface area contributed by atoms with E-state index in [0.29, 0.717) is 28.8 Å². The Morgan fingerprint density at radius 2 is 1.71 bits per heavy atom. The number of anilines is 1. The van der Waals surface area contributed by atoms with Crippen molar-refractivity contribution in [1.29, 1.82) is 0 Å². The minimum Gasteiger partial charge on any atom is -0.369 e. The van der Waals surface area contributed by atoms with Gasteiger partial charge in [0.1, 0.15) is 22.4 Å². The molecule has 7 nitrogen and oxygen atoms in total. The Kier molecular flexibility index (Phi) is 6.24. The van der Waals surface area contributed by atoms with Crippen LogP contribution in [0, 0.1) is 13.8 Å². The fourth-order valence-electron chi connectivity index (χ4n) is 2.55. The molecule has 1 aromatic carbocycles. The molecule has 0 unspecified atom stereocenters. The summed E-state index contributed by atoms with van der Waals surface area (Å²) in [4.78, 5) is 8.71. The second-order valence-electron chi connectivity index (χ2n) is 6.11. The molecule has 0 saturated heterocycles. The monoisotopic (exact) mass is 439 g/mol. The first kappa shape index (κ1) is 20.6. The van der Waals surface area contributed by atoms with Gasteiger partial charge in [-0.25, -0.2) is 23.1 Å². The van der Waals surface area contributed by atoms with Crippen LogP contribution >= 0.6 is 23.2 Å². The topological polar surface area (TPSA) is 88.9 Å². The number of aromatic nitrogens is 3. The van der Waals surface area contributed by atoms with E-state index in [4.69, 9.17) is 23.2 Å². The SMILES string of the molecule is Cc1nc(NCCNS(=O)(=O)c2cc(C)c(Cl)cc2Cl)cc(-n2cccc2)n1. The summed E-state index contributed by atoms with van der Waals surface area (Å²) in [6.45, 7) is 4.01. The van der Waals surface area contributed by atoms with Crippen LogP contribution in [0.5, 0.6) is 0 Å². The largest absolute Gasteiger partial charge is 0.369 e. The summed E-state index contributed by atoms with van der Waals surface area (Å²) >= 11 is 12.0. The number of rotatable bonds is 7. The lowest BCUT2D eigenvalue weighted by atomic mass is 10.2. The van der Waals surface area contributed by atoms with Crippen molar-refractivity contribution in [3.8, 4) is 5.82 Å². The molecular weight excluding hydrogens is 421 g/mol. The first-order chi connectivity index (χ1) is 13.3. The summed E-state index contributed by atoms with van der Waals surface area (Å²) in [7, 11) is -3.75. The highest BCUT2D eigenvalue weighted by atomic mass is 35.5. The minimum atomic E-state index is -3.75. The smallest absolute Gasteiger partial charge is 0.242 e. The molecule has 10 heteroatoms. The maximum atomic E-state index is 12.5. The molecule has 2 heterocycles. The predicted octanol–water partition coefficient (Wildman–Crippen LogP) is 3.58. The number of aryl methyl sites for hydroxylation is 2. The molecule has 2 aromatic heterocycles. The van der Waals surface area contributed by atoms with Crippen LogP contribution in [0.25, 0.3) is 5.82 Å². The molecule has 0 radical (unpaired) electrons. The quantitative estimate of drug-likeness (QED) is 0.549. The number of hydrogen-bond donors (Lipinski definition) is 2. The third-order valence-electron chi connectivity index (χ3n) is 3.92. The molecule has 3 rings (SSSR count). The van der Waals surface area contributed by atoms with E-state index in [9.17, 15) is 8.42 Å². The molecule has 0 spiro atoms. The summed E-state index contributed by atoms with van der Waals surface area (Å²) in [6.07, 6.45) is 3.77. The van der Waals surface area contributed by atoms with Gasteiger partial charge in [0.15, 0.2) is 0 Å². The Hall–Kier alpha value is -2.13. The molecule has 0 saturated carbocycles. The van der Waals surface area contributed by atoms with Gasteiger partial charge in [0.05, 0.1) is 5.02 Å². The lowest BCUT2D eigenvalue weighted by Gasteiger charge is -2.12. The predicted molar refractivity (Wildman–Crippen MR) is 111 cm³/mol. The highest BCUT2D eigenvalue weighted by Gasteiger charge is 2.18. The second-order valence-corrected chi connectivity index (χ2v) is 8.66. The van der Waals surface area contributed by atoms with E-state index in [1.807, 2.05) is 29.1 Å². The Labute approximate surface area is 173 Å². The number of nitrogens with one attached hydrogen (secondary N) is 2. The van der Waals surface area contributed by atoms with Crippen LogP contribution in [-0.4, -0.2) is 36.0 Å². The lowest BCUT2D eigenvalue weighted by molar-refractivity contribution is 0.583. The number of nitrogens with zero attached hydrogens (tertiary/aromatic N) is 3. The zero-order valence-electron chi connectivity index (χ0n) is 15.3. The molecule has 0 aliphatic carbocycles. The molecule has 3 aromatic rings. The molecule has 2 N–H and O–H groups in total. The van der Waals surface area contributed by atoms with Gasteiger partial charge in [-0.2, -0.15) is 0 Å². The molecule has 28 heavy (non-hydrogen) atoms. The van der Waals surface area contributed by atoms with Crippen LogP contribution in [0.1, 0.15) is 11.4 Å². The van der Waals surface area contributed by atoms with E-state index >= 15 is 0 Å². The Morgan fingerprint density at radius 1 is 1.00 bits per heavy atom. The molecular formula is C18H19Cl2N5O2S. The van der Waals surface area contributed by atoms with Gasteiger partial charge in [0, 0.05) is 36.6 Å². The minimum absolute atomic E-state index is 0.00356. The fraction of sp³-hybridized carbons (Fsp3) is 0.222. The van der Waals surface area contributed by atoms with Crippen molar-refractivity contribution < 1.29 is 8.42 Å². The highest BCUT2D eigenvalue weighted by molar-refractivity contribution is 7.89. The summed E-state index contributed by atoms with van der Waals surface area (Å²) in [5.74, 6) is 1.94. The maximum Gasteiger partial charge on any atom is 0.242 e. The zero-order valence-corrected chi connectivity index (χ0v) is 17.6. The normalized spacial score (nSPS) is 11.6. The Bertz CT molecular complexity index is 1090. The summed E-state index contributed by atoms with van der Waals surface area (Å²) in [6, 6.07) is 8.49. The molecule has 0 aliphatic heterocycles. The highest BCUT2D eigenvalue weighted by Crippen LogP contribution is 2.27. The van der Waals surface area contributed by atoms with Crippen molar-refractivity contribution in [2.45, 2.75) is 18.7 Å². The molecule has 0 bridgehead atoms. The first-order valence-corrected chi connectivity index (χ1v) is 10.7. The Balaban J connectivity index is 1.64. The molecule has 0 aliphatic rings. The summed E-state index contributed by atoms with van der Waals surface area (Å²) in [5, 5.41) is 3.60. The van der Waals surface area contributed by atoms with Crippen LogP contribution in [0.4, 0.5) is 5.82 Å². The van der Waals surface area contributed by atoms with Crippen LogP contribution in [0.3, 0.4) is 0 Å². The van der Waals surface area contributed by atoms with Gasteiger partial charge >= 0.3 is 0 Å². The van der Waals surface area contributed by atoms with Crippen LogP contribution in [0.15, 0.2) is 47.6 Å². The Morgan fingerprint density at radius 3 is 2.43 bits per heavy atom. The van der Waals surface area contributed by atoms with Gasteiger partial charge < -0.3 is 9.88 Å². The van der Waals surface area contributed by atoms with E-state index in [1.54, 1.807) is 19.9 Å². The van der Waals surface area contributed by atoms with E-state index in [1.165, 1.54) is 12.1 Å². The van der Waals surface area contributed by atoms with Gasteiger partial charge in [-0.3, -0.25) is 0 Å². The average molecular weight is 440 g/mol. The van der Waals surface area contributed by atoms with E-state index < -0.39 is 10.0 Å². The molecule has 0 amide bonds. The average Bonchev–Trinajstić information content (AvgIpc) is 3.16. The summed E-state index contributed by atoms with van der Waals surface area (Å²) in [5.41, 5.74) is 0.638. The molecule has 0 atom stereocenters. The van der Waals surface area contributed by atoms with E-state index in [2.05, 4.69) is 20.0 Å². The van der Waals surface area contributed by atoms with E-state index in [0.717, 1.165) is 5.82 Å². The maximum absolute atomic E-state index is 12.5. The number of halogens is 2. The van der Waals surface area contributed by atoms with Crippen molar-refractivity contribution >= 4 is 39.0 Å². The standard InChI is InChI=1S/C18H19Cl2N5O2S/c1-12-9-16(15(20)10-14(12)19)28(26,27)22-6-5-21-17-11-18(24-13(2)23-17)25-7-3-4-8-25/h3-4,7-11,22H,5-6H2,1-2H3,(H,21,23,24). The van der Waals surface area contributed by atoms with Gasteiger partial charge in [0.2, 0.25) is 10.0 Å². The molecule has 148 valence electrons. The van der Waals surface area contributed by atoms with Gasteiger partial charge in [-0.05, 0) is 43.7 Å². The van der Waals surface area contributed by atoms with Gasteiger partial charge in [-0.15, -0.1) is 0 Å². The fourth-order valence-corrected chi connectivity index (χ4v) is 4.41. The van der Waals surface area contributed by atoms with Crippen molar-refractivity contribution in [1.82, 2.24) is 19.3 Å². The van der Waals surface area contributed by atoms with Crippen molar-refractivity contribution in [2.24, 2.45) is 0 Å². The van der Waals surface area contributed by atoms with Gasteiger partial charge in [0.25, 0.3) is 0 Å². The van der Waals surface area contributed by atoms with Crippen molar-refractivity contribution in [3.05, 3.63) is 64.2 Å². The summed E-state index contributed by atoms with van der Waals surface area (Å²) < 4.78 is 29.4. The van der Waals surface area contributed by atoms with Gasteiger partial charge in [-0.1, -0.05) is 23.2 Å². The third kappa shape index (κ3) is 4.82. The lowest BCUT2D eigenvalue weighted by Crippen LogP contribution is -2.29. The number of benzene rings is 1. The molecule has 0 fully saturated rings. The van der Waals surface area contributed by atoms with Crippen molar-refractivity contribution in [3.63, 3.8) is 0 Å². The third-order valence-corrected chi connectivity index (χ3v) is 6.25. The first-order valence-electron chi connectivity index (χ1n) is 8.44. The second kappa shape index (κ2) is 8.48. The van der Waals surface area contributed by atoms with E-state index in [-0.39, 0.29) is 16.5 Å². The number of sulfonamides is 1. The number of hydrogen-bond acceptors (Lipinski definition) is 5.